The van der Waals surface area contributed by atoms with Crippen molar-refractivity contribution in [2.75, 3.05) is 6.54 Å². The lowest BCUT2D eigenvalue weighted by molar-refractivity contribution is -0.121. The fraction of sp³-hybridized carbons (Fsp3) is 0.250. The number of nitrogens with one attached hydrogen (secondary N) is 2. The molecule has 13 heteroatoms. The molecule has 3 N–H and O–H groups in total. The summed E-state index contributed by atoms with van der Waals surface area (Å²) in [5, 5.41) is 14.8. The van der Waals surface area contributed by atoms with Gasteiger partial charge in [-0.1, -0.05) is 12.1 Å². The average Bonchev–Trinajstić information content (AvgIpc) is 2.95. The van der Waals surface area contributed by atoms with Crippen LogP contribution in [0.4, 0.5) is 13.2 Å². The highest BCUT2D eigenvalue weighted by Crippen LogP contribution is 2.27. The van der Waals surface area contributed by atoms with Gasteiger partial charge in [0.25, 0.3) is 11.5 Å². The Morgan fingerprint density at radius 3 is 2.41 bits per heavy atom. The smallest absolute Gasteiger partial charge is 0.337 e. The number of hydrogen-bond acceptors (Lipinski definition) is 6. The number of carbonyl (C=O) groups excluding carboxylic acids is 2. The number of carbonyl (C=O) groups is 2. The van der Waals surface area contributed by atoms with Crippen molar-refractivity contribution in [1.82, 2.24) is 24.8 Å². The standard InChI is InChI=1S/C28H24F3N5O5/c29-15-11-20-25(32-13-15)35(18-9-10-21(30)22(31)12-18)28(41)36(27(20)40)17-7-5-16(6-8-17)34-24(38)14-33-26(39)19-3-1-2-4-23(19)37/h1-4,9-13,16-17,37H,5-8,14H2,(H,33,39)(H,34,38). The summed E-state index contributed by atoms with van der Waals surface area (Å²) < 4.78 is 43.6. The first-order chi connectivity index (χ1) is 19.6. The summed E-state index contributed by atoms with van der Waals surface area (Å²) in [6, 6.07) is 8.72. The maximum Gasteiger partial charge on any atom is 0.337 e. The molecule has 10 nitrogen and oxygen atoms in total. The van der Waals surface area contributed by atoms with Gasteiger partial charge in [-0.05, 0) is 56.0 Å². The number of phenols is 1. The summed E-state index contributed by atoms with van der Waals surface area (Å²) in [6.07, 6.45) is 2.20. The molecule has 0 radical (unpaired) electrons. The summed E-state index contributed by atoms with van der Waals surface area (Å²) >= 11 is 0. The Bertz CT molecular complexity index is 1780. The molecule has 2 amide bonds. The number of pyridine rings is 1. The van der Waals surface area contributed by atoms with E-state index in [9.17, 15) is 37.5 Å². The van der Waals surface area contributed by atoms with Crippen molar-refractivity contribution in [3.05, 3.63) is 98.6 Å². The van der Waals surface area contributed by atoms with Crippen molar-refractivity contribution in [3.63, 3.8) is 0 Å². The number of aromatic nitrogens is 3. The molecule has 0 atom stereocenters. The molecule has 212 valence electrons. The molecule has 0 saturated heterocycles. The monoisotopic (exact) mass is 567 g/mol. The highest BCUT2D eigenvalue weighted by atomic mass is 19.2. The fourth-order valence-electron chi connectivity index (χ4n) is 5.04. The Hall–Kier alpha value is -4.94. The van der Waals surface area contributed by atoms with Crippen molar-refractivity contribution in [2.45, 2.75) is 37.8 Å². The van der Waals surface area contributed by atoms with E-state index < -0.39 is 46.6 Å². The van der Waals surface area contributed by atoms with E-state index in [0.717, 1.165) is 39.6 Å². The van der Waals surface area contributed by atoms with E-state index in [4.69, 9.17) is 0 Å². The van der Waals surface area contributed by atoms with Gasteiger partial charge in [0.05, 0.1) is 29.4 Å². The molecule has 0 unspecified atom stereocenters. The van der Waals surface area contributed by atoms with Gasteiger partial charge in [0.1, 0.15) is 11.6 Å². The van der Waals surface area contributed by atoms with E-state index in [1.807, 2.05) is 0 Å². The summed E-state index contributed by atoms with van der Waals surface area (Å²) in [7, 11) is 0. The van der Waals surface area contributed by atoms with Crippen LogP contribution in [0.1, 0.15) is 42.1 Å². The van der Waals surface area contributed by atoms with E-state index >= 15 is 0 Å². The van der Waals surface area contributed by atoms with Gasteiger partial charge in [-0.2, -0.15) is 0 Å². The highest BCUT2D eigenvalue weighted by Gasteiger charge is 2.28. The minimum absolute atomic E-state index is 0.0331. The van der Waals surface area contributed by atoms with Gasteiger partial charge < -0.3 is 15.7 Å². The number of phenolic OH excluding ortho intramolecular Hbond substituents is 1. The van der Waals surface area contributed by atoms with Crippen molar-refractivity contribution in [3.8, 4) is 11.4 Å². The van der Waals surface area contributed by atoms with E-state index in [1.54, 1.807) is 12.1 Å². The molecule has 1 aliphatic rings. The second-order valence-electron chi connectivity index (χ2n) is 9.69. The molecule has 4 aromatic rings. The molecule has 0 aliphatic heterocycles. The van der Waals surface area contributed by atoms with Crippen molar-refractivity contribution in [1.29, 1.82) is 0 Å². The largest absolute Gasteiger partial charge is 0.507 e. The van der Waals surface area contributed by atoms with Gasteiger partial charge in [0, 0.05) is 18.2 Å². The topological polar surface area (TPSA) is 135 Å². The van der Waals surface area contributed by atoms with E-state index in [0.29, 0.717) is 25.7 Å². The second-order valence-corrected chi connectivity index (χ2v) is 9.69. The molecule has 41 heavy (non-hydrogen) atoms. The predicted octanol–water partition coefficient (Wildman–Crippen LogP) is 2.70. The number of rotatable bonds is 6. The number of aromatic hydroxyl groups is 1. The van der Waals surface area contributed by atoms with Crippen LogP contribution in [-0.4, -0.2) is 43.6 Å². The molecule has 2 aromatic heterocycles. The van der Waals surface area contributed by atoms with E-state index in [1.165, 1.54) is 12.1 Å². The van der Waals surface area contributed by atoms with Crippen molar-refractivity contribution in [2.24, 2.45) is 0 Å². The zero-order valence-corrected chi connectivity index (χ0v) is 21.4. The number of nitrogens with zero attached hydrogens (tertiary/aromatic N) is 3. The molecule has 1 aliphatic carbocycles. The van der Waals surface area contributed by atoms with Gasteiger partial charge in [-0.15, -0.1) is 0 Å². The lowest BCUT2D eigenvalue weighted by atomic mass is 9.91. The lowest BCUT2D eigenvalue weighted by Gasteiger charge is -2.30. The zero-order chi connectivity index (χ0) is 29.3. The number of amides is 2. The Morgan fingerprint density at radius 1 is 0.976 bits per heavy atom. The minimum atomic E-state index is -1.21. The van der Waals surface area contributed by atoms with Gasteiger partial charge in [-0.25, -0.2) is 27.5 Å². The quantitative estimate of drug-likeness (QED) is 0.328. The maximum absolute atomic E-state index is 14.1. The first kappa shape index (κ1) is 27.6. The lowest BCUT2D eigenvalue weighted by Crippen LogP contribution is -2.46. The zero-order valence-electron chi connectivity index (χ0n) is 21.4. The first-order valence-corrected chi connectivity index (χ1v) is 12.8. The molecule has 5 rings (SSSR count). The molecular weight excluding hydrogens is 543 g/mol. The van der Waals surface area contributed by atoms with Crippen LogP contribution in [0.2, 0.25) is 0 Å². The predicted molar refractivity (Wildman–Crippen MR) is 141 cm³/mol. The molecule has 2 heterocycles. The third-order valence-corrected chi connectivity index (χ3v) is 7.04. The number of benzene rings is 2. The Balaban J connectivity index is 1.33. The van der Waals surface area contributed by atoms with Gasteiger partial charge in [0.2, 0.25) is 5.91 Å². The normalized spacial score (nSPS) is 16.9. The van der Waals surface area contributed by atoms with Crippen LogP contribution in [-0.2, 0) is 4.79 Å². The number of fused-ring (bicyclic) bond motifs is 1. The van der Waals surface area contributed by atoms with Crippen molar-refractivity contribution < 1.29 is 27.9 Å². The van der Waals surface area contributed by atoms with Crippen LogP contribution in [0, 0.1) is 17.5 Å². The Kier molecular flexibility index (Phi) is 7.60. The molecule has 0 spiro atoms. The highest BCUT2D eigenvalue weighted by molar-refractivity contribution is 5.98. The third-order valence-electron chi connectivity index (χ3n) is 7.04. The molecule has 1 fully saturated rings. The summed E-state index contributed by atoms with van der Waals surface area (Å²) in [5.41, 5.74) is -1.86. The van der Waals surface area contributed by atoms with Crippen LogP contribution < -0.4 is 21.9 Å². The van der Waals surface area contributed by atoms with Crippen LogP contribution in [0.25, 0.3) is 16.7 Å². The SMILES string of the molecule is O=C(CNC(=O)c1ccccc1O)NC1CCC(n2c(=O)c3cc(F)cnc3n(-c3ccc(F)c(F)c3)c2=O)CC1. The summed E-state index contributed by atoms with van der Waals surface area (Å²) in [6.45, 7) is -0.325. The van der Waals surface area contributed by atoms with Crippen LogP contribution in [0.3, 0.4) is 0 Å². The van der Waals surface area contributed by atoms with Gasteiger partial charge >= 0.3 is 5.69 Å². The number of halogens is 3. The fourth-order valence-corrected chi connectivity index (χ4v) is 5.04. The molecule has 2 aromatic carbocycles. The van der Waals surface area contributed by atoms with Crippen LogP contribution in [0.5, 0.6) is 5.75 Å². The summed E-state index contributed by atoms with van der Waals surface area (Å²) in [5.74, 6) is -4.43. The third kappa shape index (κ3) is 5.55. The van der Waals surface area contributed by atoms with Crippen LogP contribution >= 0.6 is 0 Å². The number of hydrogen-bond donors (Lipinski definition) is 3. The minimum Gasteiger partial charge on any atom is -0.507 e. The van der Waals surface area contributed by atoms with Crippen molar-refractivity contribution >= 4 is 22.8 Å². The molecule has 1 saturated carbocycles. The van der Waals surface area contributed by atoms with E-state index in [-0.39, 0.29) is 40.6 Å². The maximum atomic E-state index is 14.1. The van der Waals surface area contributed by atoms with Crippen LogP contribution in [0.15, 0.2) is 64.3 Å². The average molecular weight is 568 g/mol. The van der Waals surface area contributed by atoms with E-state index in [2.05, 4.69) is 15.6 Å². The Morgan fingerprint density at radius 2 is 1.71 bits per heavy atom. The van der Waals surface area contributed by atoms with Gasteiger partial charge in [-0.3, -0.25) is 19.0 Å². The Labute approximate surface area is 230 Å². The first-order valence-electron chi connectivity index (χ1n) is 12.8. The molecule has 0 bridgehead atoms. The summed E-state index contributed by atoms with van der Waals surface area (Å²) in [4.78, 5) is 55.5. The molecular formula is C28H24F3N5O5. The second kappa shape index (κ2) is 11.3. The van der Waals surface area contributed by atoms with Gasteiger partial charge in [0.15, 0.2) is 17.3 Å². The number of para-hydroxylation sites is 1.